The number of aryl methyl sites for hydroxylation is 1. The molecule has 1 atom stereocenters. The Morgan fingerprint density at radius 3 is 2.62 bits per heavy atom. The van der Waals surface area contributed by atoms with E-state index in [1.54, 1.807) is 24.3 Å². The van der Waals surface area contributed by atoms with Gasteiger partial charge in [-0.05, 0) is 51.0 Å². The number of ketones is 1. The highest BCUT2D eigenvalue weighted by atomic mass is 35.5. The summed E-state index contributed by atoms with van der Waals surface area (Å²) in [6, 6.07) is 7.52. The van der Waals surface area contributed by atoms with Crippen molar-refractivity contribution >= 4 is 29.1 Å². The Bertz CT molecular complexity index is 664. The molecule has 1 aliphatic carbocycles. The van der Waals surface area contributed by atoms with Crippen LogP contribution in [0.15, 0.2) is 29.4 Å². The van der Waals surface area contributed by atoms with E-state index < -0.39 is 0 Å². The molecule has 4 nitrogen and oxygen atoms in total. The van der Waals surface area contributed by atoms with Gasteiger partial charge in [0.2, 0.25) is 0 Å². The molecule has 0 unspecified atom stereocenters. The minimum Gasteiger partial charge on any atom is -0.303 e. The van der Waals surface area contributed by atoms with Crippen LogP contribution in [0.5, 0.6) is 0 Å². The molecule has 21 heavy (non-hydrogen) atoms. The van der Waals surface area contributed by atoms with Crippen LogP contribution < -0.4 is 0 Å². The van der Waals surface area contributed by atoms with E-state index >= 15 is 0 Å². The number of Topliss-reactive ketones (excluding diaryl/α,β-unsaturated/α-hetero) is 1. The number of thioether (sulfide) groups is 1. The molecule has 0 radical (unpaired) electrons. The highest BCUT2D eigenvalue weighted by Crippen LogP contribution is 2.39. The summed E-state index contributed by atoms with van der Waals surface area (Å²) in [5.74, 6) is 1.01. The standard InChI is InChI=1S/C15H16ClN3OS/c1-9(14(20)11-3-5-12(16)6-4-11)21-15-18-17-10(2)19(15)13-7-8-13/h3-6,9,13H,7-8H2,1-2H3/t9-/m1/s1. The van der Waals surface area contributed by atoms with Gasteiger partial charge in [-0.1, -0.05) is 23.4 Å². The van der Waals surface area contributed by atoms with Gasteiger partial charge in [-0.25, -0.2) is 0 Å². The van der Waals surface area contributed by atoms with Crippen LogP contribution in [0.25, 0.3) is 0 Å². The molecule has 3 rings (SSSR count). The maximum atomic E-state index is 12.4. The van der Waals surface area contributed by atoms with Crippen LogP contribution in [0.2, 0.25) is 5.02 Å². The molecule has 0 saturated heterocycles. The predicted octanol–water partition coefficient (Wildman–Crippen LogP) is 3.94. The zero-order chi connectivity index (χ0) is 15.0. The van der Waals surface area contributed by atoms with Crippen molar-refractivity contribution in [1.82, 2.24) is 14.8 Å². The number of carbonyl (C=O) groups excluding carboxylic acids is 1. The summed E-state index contributed by atoms with van der Waals surface area (Å²) in [6.45, 7) is 3.87. The molecule has 1 saturated carbocycles. The van der Waals surface area contributed by atoms with Crippen molar-refractivity contribution in [2.24, 2.45) is 0 Å². The Morgan fingerprint density at radius 2 is 2.00 bits per heavy atom. The fourth-order valence-corrected chi connectivity index (χ4v) is 3.41. The molecule has 1 aromatic carbocycles. The number of hydrogen-bond donors (Lipinski definition) is 0. The molecule has 0 amide bonds. The van der Waals surface area contributed by atoms with Crippen LogP contribution in [0.3, 0.4) is 0 Å². The highest BCUT2D eigenvalue weighted by Gasteiger charge is 2.29. The average molecular weight is 322 g/mol. The fourth-order valence-electron chi connectivity index (χ4n) is 2.24. The summed E-state index contributed by atoms with van der Waals surface area (Å²) in [6.07, 6.45) is 2.35. The number of hydrogen-bond acceptors (Lipinski definition) is 4. The van der Waals surface area contributed by atoms with Gasteiger partial charge >= 0.3 is 0 Å². The molecule has 1 heterocycles. The van der Waals surface area contributed by atoms with E-state index in [2.05, 4.69) is 14.8 Å². The van der Waals surface area contributed by atoms with E-state index in [1.165, 1.54) is 24.6 Å². The van der Waals surface area contributed by atoms with Crippen molar-refractivity contribution < 1.29 is 4.79 Å². The van der Waals surface area contributed by atoms with E-state index in [4.69, 9.17) is 11.6 Å². The van der Waals surface area contributed by atoms with Gasteiger partial charge in [0.15, 0.2) is 10.9 Å². The number of rotatable bonds is 5. The largest absolute Gasteiger partial charge is 0.303 e. The Hall–Kier alpha value is -1.33. The first-order valence-corrected chi connectivity index (χ1v) is 8.20. The van der Waals surface area contributed by atoms with Gasteiger partial charge in [-0.3, -0.25) is 4.79 Å². The highest BCUT2D eigenvalue weighted by molar-refractivity contribution is 8.00. The first kappa shape index (κ1) is 14.6. The van der Waals surface area contributed by atoms with Crippen LogP contribution in [0.1, 0.15) is 42.0 Å². The summed E-state index contributed by atoms with van der Waals surface area (Å²) in [4.78, 5) is 12.4. The topological polar surface area (TPSA) is 47.8 Å². The van der Waals surface area contributed by atoms with E-state index in [0.717, 1.165) is 11.0 Å². The lowest BCUT2D eigenvalue weighted by Crippen LogP contribution is -2.14. The molecule has 0 spiro atoms. The van der Waals surface area contributed by atoms with Gasteiger partial charge in [0.05, 0.1) is 5.25 Å². The van der Waals surface area contributed by atoms with Crippen molar-refractivity contribution in [3.8, 4) is 0 Å². The molecule has 1 fully saturated rings. The molecule has 0 aliphatic heterocycles. The molecule has 110 valence electrons. The lowest BCUT2D eigenvalue weighted by molar-refractivity contribution is 0.0994. The van der Waals surface area contributed by atoms with Crippen LogP contribution in [-0.4, -0.2) is 25.8 Å². The molecule has 2 aromatic rings. The Kier molecular flexibility index (Phi) is 4.04. The lowest BCUT2D eigenvalue weighted by Gasteiger charge is -2.11. The van der Waals surface area contributed by atoms with Crippen LogP contribution in [-0.2, 0) is 0 Å². The molecule has 0 N–H and O–H groups in total. The smallest absolute Gasteiger partial charge is 0.192 e. The van der Waals surface area contributed by atoms with Crippen molar-refractivity contribution in [3.05, 3.63) is 40.7 Å². The molecular weight excluding hydrogens is 306 g/mol. The monoisotopic (exact) mass is 321 g/mol. The molecular formula is C15H16ClN3OS. The van der Waals surface area contributed by atoms with Crippen molar-refractivity contribution in [2.75, 3.05) is 0 Å². The summed E-state index contributed by atoms with van der Waals surface area (Å²) in [5, 5.41) is 9.62. The minimum atomic E-state index is -0.202. The van der Waals surface area contributed by atoms with Gasteiger partial charge in [0.25, 0.3) is 0 Å². The Balaban J connectivity index is 1.75. The third-order valence-electron chi connectivity index (χ3n) is 3.53. The molecule has 1 aliphatic rings. The number of benzene rings is 1. The zero-order valence-corrected chi connectivity index (χ0v) is 13.5. The normalized spacial score (nSPS) is 16.0. The SMILES string of the molecule is Cc1nnc(S[C@H](C)C(=O)c2ccc(Cl)cc2)n1C1CC1. The second kappa shape index (κ2) is 5.81. The van der Waals surface area contributed by atoms with Crippen molar-refractivity contribution in [2.45, 2.75) is 43.1 Å². The predicted molar refractivity (Wildman–Crippen MR) is 84.1 cm³/mol. The van der Waals surface area contributed by atoms with Gasteiger partial charge in [-0.2, -0.15) is 0 Å². The van der Waals surface area contributed by atoms with Crippen molar-refractivity contribution in [3.63, 3.8) is 0 Å². The van der Waals surface area contributed by atoms with Crippen LogP contribution >= 0.6 is 23.4 Å². The third-order valence-corrected chi connectivity index (χ3v) is 4.84. The van der Waals surface area contributed by atoms with Gasteiger partial charge in [0, 0.05) is 16.6 Å². The van der Waals surface area contributed by atoms with Gasteiger partial charge in [-0.15, -0.1) is 10.2 Å². The first-order chi connectivity index (χ1) is 10.1. The molecule has 6 heteroatoms. The summed E-state index contributed by atoms with van der Waals surface area (Å²) < 4.78 is 2.15. The second-order valence-corrected chi connectivity index (χ2v) is 7.01. The number of carbonyl (C=O) groups is 1. The fraction of sp³-hybridized carbons (Fsp3) is 0.400. The number of nitrogens with zero attached hydrogens (tertiary/aromatic N) is 3. The van der Waals surface area contributed by atoms with Gasteiger partial charge in [0.1, 0.15) is 5.82 Å². The quantitative estimate of drug-likeness (QED) is 0.618. The summed E-state index contributed by atoms with van der Waals surface area (Å²) in [7, 11) is 0. The van der Waals surface area contributed by atoms with E-state index in [-0.39, 0.29) is 11.0 Å². The first-order valence-electron chi connectivity index (χ1n) is 6.94. The average Bonchev–Trinajstić information content (AvgIpc) is 3.24. The van der Waals surface area contributed by atoms with E-state index in [1.807, 2.05) is 13.8 Å². The lowest BCUT2D eigenvalue weighted by atomic mass is 10.1. The van der Waals surface area contributed by atoms with E-state index in [9.17, 15) is 4.79 Å². The van der Waals surface area contributed by atoms with Crippen LogP contribution in [0, 0.1) is 6.92 Å². The third kappa shape index (κ3) is 3.14. The molecule has 0 bridgehead atoms. The van der Waals surface area contributed by atoms with E-state index in [0.29, 0.717) is 16.6 Å². The minimum absolute atomic E-state index is 0.0830. The maximum Gasteiger partial charge on any atom is 0.192 e. The number of aromatic nitrogens is 3. The Labute approximate surface area is 132 Å². The Morgan fingerprint density at radius 1 is 1.33 bits per heavy atom. The molecule has 1 aromatic heterocycles. The summed E-state index contributed by atoms with van der Waals surface area (Å²) >= 11 is 7.33. The maximum absolute atomic E-state index is 12.4. The second-order valence-electron chi connectivity index (χ2n) is 5.26. The van der Waals surface area contributed by atoms with Gasteiger partial charge < -0.3 is 4.57 Å². The summed E-state index contributed by atoms with van der Waals surface area (Å²) in [5.41, 5.74) is 0.675. The zero-order valence-electron chi connectivity index (χ0n) is 11.9. The van der Waals surface area contributed by atoms with Crippen molar-refractivity contribution in [1.29, 1.82) is 0 Å². The van der Waals surface area contributed by atoms with Crippen LogP contribution in [0.4, 0.5) is 0 Å². The number of halogens is 1.